The Morgan fingerprint density at radius 1 is 1.62 bits per heavy atom. The molecule has 0 saturated heterocycles. The van der Waals surface area contributed by atoms with Crippen LogP contribution in [0.3, 0.4) is 0 Å². The van der Waals surface area contributed by atoms with Crippen molar-refractivity contribution >= 4 is 11.6 Å². The minimum Gasteiger partial charge on any atom is -0.493 e. The fraction of sp³-hybridized carbons (Fsp3) is 0.125. The molecule has 70 valence electrons. The van der Waals surface area contributed by atoms with Crippen LogP contribution in [0.4, 0.5) is 10.1 Å². The number of ether oxygens (including phenoxy) is 1. The quantitative estimate of drug-likeness (QED) is 0.626. The molecule has 1 aromatic rings. The number of carbonyl (C=O) groups excluding carboxylic acids is 1. The van der Waals surface area contributed by atoms with Crippen LogP contribution in [-0.2, 0) is 0 Å². The third kappa shape index (κ3) is 1.75. The molecule has 0 saturated carbocycles. The third-order valence-corrected chi connectivity index (χ3v) is 1.57. The van der Waals surface area contributed by atoms with Crippen molar-refractivity contribution in [1.29, 1.82) is 0 Å². The van der Waals surface area contributed by atoms with E-state index in [9.17, 15) is 9.18 Å². The van der Waals surface area contributed by atoms with Gasteiger partial charge in [-0.2, -0.15) is 0 Å². The van der Waals surface area contributed by atoms with E-state index in [0.717, 1.165) is 6.07 Å². The topological polar surface area (TPSA) is 80.0 Å². The molecule has 1 aromatic carbocycles. The Morgan fingerprint density at radius 2 is 2.23 bits per heavy atom. The van der Waals surface area contributed by atoms with Gasteiger partial charge in [0, 0.05) is 11.8 Å². The molecule has 0 aliphatic carbocycles. The Morgan fingerprint density at radius 3 is 2.69 bits per heavy atom. The van der Waals surface area contributed by atoms with Crippen LogP contribution < -0.4 is 16.2 Å². The van der Waals surface area contributed by atoms with Crippen molar-refractivity contribution in [2.45, 2.75) is 0 Å². The molecule has 0 spiro atoms. The first kappa shape index (κ1) is 9.47. The van der Waals surface area contributed by atoms with E-state index < -0.39 is 11.7 Å². The molecule has 0 fully saturated rings. The average molecular weight is 185 g/mol. The molecule has 0 radical (unpaired) electrons. The van der Waals surface area contributed by atoms with Gasteiger partial charge in [-0.15, -0.1) is 0 Å². The molecule has 5 N–H and O–H groups in total. The molecule has 0 aliphatic rings. The molecule has 5 heteroatoms. The number of nitrogen functional groups attached to an aromatic ring is 1. The normalized spacial score (nSPS) is 9.77. The molecule has 0 bridgehead atoms. The van der Waals surface area contributed by atoms with Gasteiger partial charge in [0.05, 0.1) is 7.11 Å². The van der Waals surface area contributed by atoms with Gasteiger partial charge in [0.25, 0.3) is 0 Å². The van der Waals surface area contributed by atoms with E-state index in [-0.39, 0.29) is 17.0 Å². The smallest absolute Gasteiger partial charge is 0.344 e. The van der Waals surface area contributed by atoms with E-state index in [1.165, 1.54) is 13.2 Å². The third-order valence-electron chi connectivity index (χ3n) is 1.57. The number of anilines is 1. The summed E-state index contributed by atoms with van der Waals surface area (Å²) in [5, 5.41) is 0. The highest BCUT2D eigenvalue weighted by molar-refractivity contribution is 5.90. The van der Waals surface area contributed by atoms with Gasteiger partial charge >= 0.3 is 5.91 Å². The minimum atomic E-state index is -0.658. The standard InChI is InChI=1S/C8H9FN2O2/c1-13-7-5(8(11)12)2-4(10)3-6(7)9/h2-3H,10H2,1H3,(H2,11,12)/p+1. The highest BCUT2D eigenvalue weighted by Gasteiger charge is 2.17. The molecule has 1 amide bonds. The summed E-state index contributed by atoms with van der Waals surface area (Å²) in [6.07, 6.45) is 0. The first-order valence-corrected chi connectivity index (χ1v) is 3.55. The Kier molecular flexibility index (Phi) is 2.48. The van der Waals surface area contributed by atoms with Gasteiger partial charge in [-0.25, -0.2) is 9.18 Å². The average Bonchev–Trinajstić information content (AvgIpc) is 2.02. The fourth-order valence-electron chi connectivity index (χ4n) is 1.03. The maximum absolute atomic E-state index is 13.1. The molecule has 0 heterocycles. The van der Waals surface area contributed by atoms with E-state index in [4.69, 9.17) is 10.5 Å². The molecule has 0 unspecified atom stereocenters. The van der Waals surface area contributed by atoms with Crippen LogP contribution in [0, 0.1) is 5.82 Å². The number of halogens is 1. The van der Waals surface area contributed by atoms with Crippen LogP contribution >= 0.6 is 0 Å². The first-order chi connectivity index (χ1) is 6.06. The van der Waals surface area contributed by atoms with Crippen molar-refractivity contribution < 1.29 is 19.7 Å². The monoisotopic (exact) mass is 185 g/mol. The molecule has 1 rings (SSSR count). The van der Waals surface area contributed by atoms with Crippen molar-refractivity contribution in [2.75, 3.05) is 12.8 Å². The van der Waals surface area contributed by atoms with E-state index >= 15 is 0 Å². The lowest BCUT2D eigenvalue weighted by molar-refractivity contribution is -0.255. The second-order valence-corrected chi connectivity index (χ2v) is 2.51. The van der Waals surface area contributed by atoms with Crippen LogP contribution in [0.1, 0.15) is 10.4 Å². The lowest BCUT2D eigenvalue weighted by Crippen LogP contribution is -2.56. The number of rotatable bonds is 2. The Bertz CT molecular complexity index is 352. The van der Waals surface area contributed by atoms with E-state index in [2.05, 4.69) is 5.73 Å². The summed E-state index contributed by atoms with van der Waals surface area (Å²) in [5.74, 6) is -1.30. The summed E-state index contributed by atoms with van der Waals surface area (Å²) >= 11 is 0. The summed E-state index contributed by atoms with van der Waals surface area (Å²) in [5.41, 5.74) is 8.73. The van der Waals surface area contributed by atoms with E-state index in [1.807, 2.05) is 0 Å². The lowest BCUT2D eigenvalue weighted by atomic mass is 10.1. The highest BCUT2D eigenvalue weighted by atomic mass is 19.1. The van der Waals surface area contributed by atoms with E-state index in [1.54, 1.807) is 0 Å². The molecular formula is C8H10FN2O2+. The van der Waals surface area contributed by atoms with Crippen molar-refractivity contribution in [3.8, 4) is 5.75 Å². The number of hydrogen-bond acceptors (Lipinski definition) is 3. The minimum absolute atomic E-state index is 0.0556. The molecule has 0 atom stereocenters. The largest absolute Gasteiger partial charge is 0.493 e. The summed E-state index contributed by atoms with van der Waals surface area (Å²) < 4.78 is 17.8. The maximum Gasteiger partial charge on any atom is 0.344 e. The fourth-order valence-corrected chi connectivity index (χ4v) is 1.03. The van der Waals surface area contributed by atoms with Crippen LogP contribution in [-0.4, -0.2) is 13.0 Å². The van der Waals surface area contributed by atoms with Gasteiger partial charge < -0.3 is 10.5 Å². The second kappa shape index (κ2) is 3.40. The zero-order chi connectivity index (χ0) is 10.0. The number of quaternary nitrogens is 1. The lowest BCUT2D eigenvalue weighted by Gasteiger charge is -2.05. The van der Waals surface area contributed by atoms with Crippen LogP contribution in [0.2, 0.25) is 0 Å². The zero-order valence-electron chi connectivity index (χ0n) is 7.13. The van der Waals surface area contributed by atoms with Crippen LogP contribution in [0.25, 0.3) is 0 Å². The molecule has 0 aromatic heterocycles. The predicted molar refractivity (Wildman–Crippen MR) is 44.6 cm³/mol. The molecule has 0 aliphatic heterocycles. The number of benzene rings is 1. The van der Waals surface area contributed by atoms with E-state index in [0.29, 0.717) is 0 Å². The number of nitrogens with two attached hydrogens (primary N) is 1. The Labute approximate surface area is 74.3 Å². The highest BCUT2D eigenvalue weighted by Crippen LogP contribution is 2.24. The van der Waals surface area contributed by atoms with Gasteiger partial charge in [0.2, 0.25) is 0 Å². The summed E-state index contributed by atoms with van der Waals surface area (Å²) in [6.45, 7) is 0. The zero-order valence-corrected chi connectivity index (χ0v) is 7.13. The van der Waals surface area contributed by atoms with Gasteiger partial charge in [0.15, 0.2) is 11.6 Å². The summed E-state index contributed by atoms with van der Waals surface area (Å²) in [7, 11) is 1.28. The van der Waals surface area contributed by atoms with Crippen molar-refractivity contribution in [3.05, 3.63) is 23.5 Å². The molecule has 4 nitrogen and oxygen atoms in total. The van der Waals surface area contributed by atoms with Gasteiger partial charge in [-0.3, -0.25) is 5.73 Å². The SMILES string of the molecule is COc1c(F)cc(N)cc1C([NH3+])=O. The predicted octanol–water partition coefficient (Wildman–Crippen LogP) is -0.201. The second-order valence-electron chi connectivity index (χ2n) is 2.51. The van der Waals surface area contributed by atoms with Gasteiger partial charge in [-0.05, 0) is 6.07 Å². The summed E-state index contributed by atoms with van der Waals surface area (Å²) in [6, 6.07) is 2.42. The van der Waals surface area contributed by atoms with Gasteiger partial charge in [0.1, 0.15) is 5.56 Å². The number of amides is 1. The molecular weight excluding hydrogens is 175 g/mol. The number of methoxy groups -OCH3 is 1. The van der Waals surface area contributed by atoms with Crippen molar-refractivity contribution in [3.63, 3.8) is 0 Å². The first-order valence-electron chi connectivity index (χ1n) is 3.55. The van der Waals surface area contributed by atoms with Crippen molar-refractivity contribution in [2.24, 2.45) is 0 Å². The van der Waals surface area contributed by atoms with Crippen LogP contribution in [0.15, 0.2) is 12.1 Å². The summed E-state index contributed by atoms with van der Waals surface area (Å²) in [4.78, 5) is 10.9. The van der Waals surface area contributed by atoms with Crippen molar-refractivity contribution in [1.82, 2.24) is 0 Å². The number of hydrogen-bond donors (Lipinski definition) is 2. The Hall–Kier alpha value is -1.62. The molecule has 13 heavy (non-hydrogen) atoms. The van der Waals surface area contributed by atoms with Crippen LogP contribution in [0.5, 0.6) is 5.75 Å². The maximum atomic E-state index is 13.1. The van der Waals surface area contributed by atoms with Gasteiger partial charge in [-0.1, -0.05) is 0 Å². The Balaban J connectivity index is 3.38. The number of carbonyl (C=O) groups is 1.